The molecule has 4 aromatic rings. The fourth-order valence-electron chi connectivity index (χ4n) is 3.57. The molecular weight excluding hydrogens is 554 g/mol. The molecule has 0 saturated heterocycles. The van der Waals surface area contributed by atoms with Crippen molar-refractivity contribution in [2.45, 2.75) is 31.5 Å². The van der Waals surface area contributed by atoms with Crippen molar-refractivity contribution in [3.8, 4) is 0 Å². The van der Waals surface area contributed by atoms with Crippen molar-refractivity contribution in [2.24, 2.45) is 5.10 Å². The summed E-state index contributed by atoms with van der Waals surface area (Å²) in [5.41, 5.74) is 4.61. The van der Waals surface area contributed by atoms with Crippen molar-refractivity contribution in [3.63, 3.8) is 0 Å². The van der Waals surface area contributed by atoms with Crippen LogP contribution in [0.3, 0.4) is 0 Å². The number of aryl methyl sites for hydroxylation is 1. The second-order valence-corrected chi connectivity index (χ2v) is 11.1. The van der Waals surface area contributed by atoms with Gasteiger partial charge in [-0.1, -0.05) is 41.4 Å². The van der Waals surface area contributed by atoms with E-state index in [0.717, 1.165) is 16.7 Å². The number of aromatic nitrogens is 1. The molecule has 0 radical (unpaired) electrons. The maximum atomic E-state index is 13.5. The molecule has 2 amide bonds. The zero-order valence-electron chi connectivity index (χ0n) is 21.5. The maximum Gasteiger partial charge on any atom is 0.329 e. The lowest BCUT2D eigenvalue weighted by molar-refractivity contribution is -0.139. The summed E-state index contributed by atoms with van der Waals surface area (Å²) in [6, 6.07) is 20.1. The minimum atomic E-state index is -3.88. The molecule has 0 aliphatic heterocycles. The molecule has 206 valence electrons. The number of furan rings is 1. The van der Waals surface area contributed by atoms with E-state index < -0.39 is 21.8 Å². The van der Waals surface area contributed by atoms with Crippen molar-refractivity contribution in [3.05, 3.63) is 118 Å². The van der Waals surface area contributed by atoms with Gasteiger partial charge in [-0.05, 0) is 66.6 Å². The number of nitrogens with one attached hydrogen (secondary N) is 2. The molecule has 40 heavy (non-hydrogen) atoms. The largest absolute Gasteiger partial charge is 0.459 e. The third-order valence-corrected chi connectivity index (χ3v) is 7.77. The summed E-state index contributed by atoms with van der Waals surface area (Å²) < 4.78 is 34.1. The Labute approximate surface area is 236 Å². The Balaban J connectivity index is 1.41. The minimum absolute atomic E-state index is 0.0591. The molecule has 0 atom stereocenters. The third kappa shape index (κ3) is 7.85. The molecule has 0 aliphatic rings. The summed E-state index contributed by atoms with van der Waals surface area (Å²) in [5.74, 6) is -1.19. The predicted octanol–water partition coefficient (Wildman–Crippen LogP) is 3.79. The van der Waals surface area contributed by atoms with E-state index in [9.17, 15) is 18.0 Å². The van der Waals surface area contributed by atoms with Crippen LogP contribution in [0, 0.1) is 6.92 Å². The molecule has 0 bridgehead atoms. The number of amides is 2. The molecule has 0 aliphatic carbocycles. The highest BCUT2D eigenvalue weighted by molar-refractivity contribution is 7.89. The van der Waals surface area contributed by atoms with Crippen LogP contribution in [0.1, 0.15) is 28.2 Å². The molecule has 2 heterocycles. The molecule has 2 aromatic carbocycles. The van der Waals surface area contributed by atoms with Crippen LogP contribution < -0.4 is 10.7 Å². The summed E-state index contributed by atoms with van der Waals surface area (Å²) in [5, 5.41) is 6.78. The number of pyridine rings is 1. The first kappa shape index (κ1) is 28.7. The first-order valence-electron chi connectivity index (χ1n) is 12.1. The summed E-state index contributed by atoms with van der Waals surface area (Å²) >= 11 is 5.99. The number of carbonyl (C=O) groups is 2. The van der Waals surface area contributed by atoms with Crippen molar-refractivity contribution in [1.82, 2.24) is 20.0 Å². The number of nitrogens with zero attached hydrogens (tertiary/aromatic N) is 3. The molecule has 0 unspecified atom stereocenters. The average Bonchev–Trinajstić information content (AvgIpc) is 3.40. The van der Waals surface area contributed by atoms with Gasteiger partial charge in [0.25, 0.3) is 0 Å². The van der Waals surface area contributed by atoms with Gasteiger partial charge >= 0.3 is 11.8 Å². The van der Waals surface area contributed by atoms with E-state index in [4.69, 9.17) is 16.0 Å². The number of sulfonamides is 1. The number of hydrogen-bond acceptors (Lipinski definition) is 7. The van der Waals surface area contributed by atoms with Crippen molar-refractivity contribution >= 4 is 39.7 Å². The third-order valence-electron chi connectivity index (χ3n) is 5.71. The van der Waals surface area contributed by atoms with Crippen molar-refractivity contribution in [2.75, 3.05) is 0 Å². The van der Waals surface area contributed by atoms with Crippen LogP contribution in [-0.2, 0) is 39.2 Å². The number of hydrogen-bond donors (Lipinski definition) is 2. The number of hydrazone groups is 1. The van der Waals surface area contributed by atoms with E-state index in [0.29, 0.717) is 10.8 Å². The monoisotopic (exact) mass is 579 g/mol. The lowest BCUT2D eigenvalue weighted by Gasteiger charge is -2.21. The van der Waals surface area contributed by atoms with Crippen LogP contribution in [0.15, 0.2) is 99.6 Å². The van der Waals surface area contributed by atoms with Crippen LogP contribution in [0.2, 0.25) is 5.02 Å². The minimum Gasteiger partial charge on any atom is -0.459 e. The van der Waals surface area contributed by atoms with Gasteiger partial charge < -0.3 is 9.73 Å². The second kappa shape index (κ2) is 13.2. The summed E-state index contributed by atoms with van der Waals surface area (Å²) in [6.45, 7) is 2.07. The Morgan fingerprint density at radius 1 is 0.925 bits per heavy atom. The molecule has 0 saturated carbocycles. The SMILES string of the molecule is Cc1ccc(S(=O)(=O)N(Cc2ccc(Cl)cc2)Cc2ccc(/C=N/NC(=O)C(=O)NCc3ccncc3)o2)cc1. The van der Waals surface area contributed by atoms with Crippen LogP contribution in [-0.4, -0.2) is 35.7 Å². The van der Waals surface area contributed by atoms with Crippen molar-refractivity contribution < 1.29 is 22.4 Å². The Morgan fingerprint density at radius 3 is 2.33 bits per heavy atom. The summed E-state index contributed by atoms with van der Waals surface area (Å²) in [4.78, 5) is 28.0. The normalized spacial score (nSPS) is 11.6. The number of carbonyl (C=O) groups excluding carboxylic acids is 2. The zero-order valence-corrected chi connectivity index (χ0v) is 23.0. The molecule has 2 aromatic heterocycles. The molecule has 0 fully saturated rings. The van der Waals surface area contributed by atoms with Gasteiger partial charge in [0.05, 0.1) is 17.7 Å². The average molecular weight is 580 g/mol. The lowest BCUT2D eigenvalue weighted by Crippen LogP contribution is -2.37. The summed E-state index contributed by atoms with van der Waals surface area (Å²) in [6.07, 6.45) is 4.38. The Bertz CT molecular complexity index is 1590. The Morgan fingerprint density at radius 2 is 1.62 bits per heavy atom. The molecule has 4 rings (SSSR count). The number of benzene rings is 2. The second-order valence-electron chi connectivity index (χ2n) is 8.75. The fourth-order valence-corrected chi connectivity index (χ4v) is 5.09. The fraction of sp³-hybridized carbons (Fsp3) is 0.143. The number of rotatable bonds is 10. The Hall–Kier alpha value is -4.32. The first-order chi connectivity index (χ1) is 19.2. The van der Waals surface area contributed by atoms with Gasteiger partial charge in [-0.2, -0.15) is 9.41 Å². The van der Waals surface area contributed by atoms with Crippen LogP contribution >= 0.6 is 11.6 Å². The lowest BCUT2D eigenvalue weighted by atomic mass is 10.2. The Kier molecular flexibility index (Phi) is 9.43. The molecule has 0 spiro atoms. The summed E-state index contributed by atoms with van der Waals surface area (Å²) in [7, 11) is -3.88. The highest BCUT2D eigenvalue weighted by Gasteiger charge is 2.26. The van der Waals surface area contributed by atoms with E-state index in [-0.39, 0.29) is 30.3 Å². The van der Waals surface area contributed by atoms with Crippen LogP contribution in [0.25, 0.3) is 0 Å². The zero-order chi connectivity index (χ0) is 28.5. The quantitative estimate of drug-likeness (QED) is 0.167. The van der Waals surface area contributed by atoms with Crippen molar-refractivity contribution in [1.29, 1.82) is 0 Å². The van der Waals surface area contributed by atoms with E-state index >= 15 is 0 Å². The predicted molar refractivity (Wildman–Crippen MR) is 150 cm³/mol. The highest BCUT2D eigenvalue weighted by Crippen LogP contribution is 2.23. The van der Waals surface area contributed by atoms with Gasteiger partial charge in [0, 0.05) is 30.5 Å². The molecule has 10 nitrogen and oxygen atoms in total. The standard InChI is InChI=1S/C28H26ClN5O5S/c1-20-2-10-26(11-3-20)40(37,38)34(18-22-4-6-23(29)7-5-22)19-25-9-8-24(39-25)17-32-33-28(36)27(35)31-16-21-12-14-30-15-13-21/h2-15,17H,16,18-19H2,1H3,(H,31,35)(H,33,36)/b32-17+. The van der Waals surface area contributed by atoms with Gasteiger partial charge in [-0.15, -0.1) is 0 Å². The van der Waals surface area contributed by atoms with E-state index in [1.807, 2.05) is 6.92 Å². The van der Waals surface area contributed by atoms with E-state index in [1.54, 1.807) is 85.2 Å². The number of halogens is 1. The molecular formula is C28H26ClN5O5S. The van der Waals surface area contributed by atoms with Gasteiger partial charge in [0.2, 0.25) is 10.0 Å². The van der Waals surface area contributed by atoms with Crippen LogP contribution in [0.5, 0.6) is 0 Å². The highest BCUT2D eigenvalue weighted by atomic mass is 35.5. The molecule has 2 N–H and O–H groups in total. The smallest absolute Gasteiger partial charge is 0.329 e. The first-order valence-corrected chi connectivity index (χ1v) is 13.9. The molecule has 12 heteroatoms. The maximum absolute atomic E-state index is 13.5. The van der Waals surface area contributed by atoms with E-state index in [2.05, 4.69) is 20.8 Å². The topological polar surface area (TPSA) is 134 Å². The van der Waals surface area contributed by atoms with Gasteiger partial charge in [0.1, 0.15) is 11.5 Å². The van der Waals surface area contributed by atoms with Gasteiger partial charge in [-0.25, -0.2) is 13.8 Å². The van der Waals surface area contributed by atoms with E-state index in [1.165, 1.54) is 10.5 Å². The van der Waals surface area contributed by atoms with Gasteiger partial charge in [0.15, 0.2) is 0 Å². The van der Waals surface area contributed by atoms with Gasteiger partial charge in [-0.3, -0.25) is 14.6 Å². The van der Waals surface area contributed by atoms with Crippen LogP contribution in [0.4, 0.5) is 0 Å².